The Kier molecular flexibility index (Phi) is 3.07. The van der Waals surface area contributed by atoms with E-state index in [0.717, 1.165) is 12.1 Å². The van der Waals surface area contributed by atoms with Crippen LogP contribution in [0.5, 0.6) is 0 Å². The second-order valence-corrected chi connectivity index (χ2v) is 4.03. The zero-order valence-corrected chi connectivity index (χ0v) is 9.23. The molecule has 0 aliphatic rings. The Labute approximate surface area is 81.2 Å². The molecule has 0 spiro atoms. The molecule has 0 bridgehead atoms. The Hall–Kier alpha value is -0.850. The van der Waals surface area contributed by atoms with Crippen LogP contribution in [-0.2, 0) is 6.42 Å². The van der Waals surface area contributed by atoms with Crippen molar-refractivity contribution in [3.63, 3.8) is 0 Å². The molecule has 0 saturated heterocycles. The van der Waals surface area contributed by atoms with Crippen LogP contribution in [-0.4, -0.2) is 4.98 Å². The molecular weight excluding hydrogens is 158 g/mol. The van der Waals surface area contributed by atoms with Gasteiger partial charge < -0.3 is 0 Å². The number of rotatable bonds is 2. The van der Waals surface area contributed by atoms with Crippen LogP contribution in [0.3, 0.4) is 0 Å². The highest BCUT2D eigenvalue weighted by atomic mass is 14.7. The molecular formula is C12H18N. The van der Waals surface area contributed by atoms with Gasteiger partial charge in [0.15, 0.2) is 0 Å². The van der Waals surface area contributed by atoms with E-state index in [4.69, 9.17) is 0 Å². The zero-order valence-electron chi connectivity index (χ0n) is 9.23. The van der Waals surface area contributed by atoms with E-state index in [2.05, 4.69) is 38.7 Å². The molecule has 1 aromatic rings. The quantitative estimate of drug-likeness (QED) is 0.674. The van der Waals surface area contributed by atoms with E-state index < -0.39 is 0 Å². The Morgan fingerprint density at radius 2 is 1.85 bits per heavy atom. The summed E-state index contributed by atoms with van der Waals surface area (Å²) in [7, 11) is 0. The lowest BCUT2D eigenvalue weighted by Gasteiger charge is -2.11. The van der Waals surface area contributed by atoms with Crippen molar-refractivity contribution in [2.45, 2.75) is 41.0 Å². The molecule has 1 radical (unpaired) electrons. The van der Waals surface area contributed by atoms with Gasteiger partial charge in [0.1, 0.15) is 0 Å². The first kappa shape index (κ1) is 10.2. The zero-order chi connectivity index (χ0) is 10.0. The number of aromatic nitrogens is 1. The number of hydrogen-bond donors (Lipinski definition) is 0. The molecule has 13 heavy (non-hydrogen) atoms. The minimum atomic E-state index is 1.06. The fourth-order valence-corrected chi connectivity index (χ4v) is 1.67. The summed E-state index contributed by atoms with van der Waals surface area (Å²) in [5.41, 5.74) is 5.06. The van der Waals surface area contributed by atoms with Gasteiger partial charge in [0.25, 0.3) is 0 Å². The average Bonchev–Trinajstić information content (AvgIpc) is 1.96. The predicted molar refractivity (Wildman–Crippen MR) is 56.7 cm³/mol. The van der Waals surface area contributed by atoms with Crippen LogP contribution in [0.1, 0.15) is 36.4 Å². The maximum absolute atomic E-state index is 4.47. The highest BCUT2D eigenvalue weighted by Gasteiger charge is 2.06. The molecule has 0 amide bonds. The lowest BCUT2D eigenvalue weighted by Crippen LogP contribution is -2.01. The second kappa shape index (κ2) is 3.91. The summed E-state index contributed by atoms with van der Waals surface area (Å²) in [6.45, 7) is 10.6. The fourth-order valence-electron chi connectivity index (χ4n) is 1.67. The maximum atomic E-state index is 4.47. The molecule has 71 valence electrons. The standard InChI is InChI=1S/C12H18N/c1-8(2)6-12-9(3)7-10(4)13-11(12)5/h7H,6H2,1-5H3. The molecule has 0 aliphatic heterocycles. The molecule has 1 nitrogen and oxygen atoms in total. The summed E-state index contributed by atoms with van der Waals surface area (Å²) >= 11 is 0. The minimum absolute atomic E-state index is 1.06. The molecule has 1 aromatic heterocycles. The molecule has 1 heterocycles. The smallest absolute Gasteiger partial charge is 0.0410 e. The monoisotopic (exact) mass is 176 g/mol. The van der Waals surface area contributed by atoms with Crippen LogP contribution in [0.25, 0.3) is 0 Å². The highest BCUT2D eigenvalue weighted by Crippen LogP contribution is 2.17. The molecule has 0 N–H and O–H groups in total. The number of aryl methyl sites for hydroxylation is 3. The topological polar surface area (TPSA) is 12.9 Å². The maximum Gasteiger partial charge on any atom is 0.0410 e. The van der Waals surface area contributed by atoms with Crippen LogP contribution in [0, 0.1) is 26.7 Å². The Morgan fingerprint density at radius 3 is 2.31 bits per heavy atom. The molecule has 0 unspecified atom stereocenters. The summed E-state index contributed by atoms with van der Waals surface area (Å²) in [4.78, 5) is 4.47. The van der Waals surface area contributed by atoms with E-state index in [1.165, 1.54) is 22.7 Å². The normalized spacial score (nSPS) is 10.9. The van der Waals surface area contributed by atoms with Crippen LogP contribution in [0.15, 0.2) is 6.07 Å². The van der Waals surface area contributed by atoms with E-state index in [0.29, 0.717) is 0 Å². The highest BCUT2D eigenvalue weighted by molar-refractivity contribution is 5.32. The number of hydrogen-bond acceptors (Lipinski definition) is 1. The van der Waals surface area contributed by atoms with Crippen molar-refractivity contribution in [3.8, 4) is 0 Å². The number of pyridine rings is 1. The molecule has 1 rings (SSSR count). The molecule has 0 fully saturated rings. The van der Waals surface area contributed by atoms with Gasteiger partial charge in [0.05, 0.1) is 0 Å². The SMILES string of the molecule is C[C](C)Cc1c(C)cc(C)nc1C. The predicted octanol–water partition coefficient (Wildman–Crippen LogP) is 3.16. The first-order chi connectivity index (χ1) is 6.00. The summed E-state index contributed by atoms with van der Waals surface area (Å²) in [5, 5.41) is 0. The lowest BCUT2D eigenvalue weighted by molar-refractivity contribution is 0.912. The summed E-state index contributed by atoms with van der Waals surface area (Å²) in [6, 6.07) is 2.16. The van der Waals surface area contributed by atoms with Crippen molar-refractivity contribution >= 4 is 0 Å². The van der Waals surface area contributed by atoms with E-state index in [1.807, 2.05) is 6.92 Å². The van der Waals surface area contributed by atoms with Crippen molar-refractivity contribution in [3.05, 3.63) is 34.5 Å². The third-order valence-electron chi connectivity index (χ3n) is 2.21. The first-order valence-corrected chi connectivity index (χ1v) is 4.73. The largest absolute Gasteiger partial charge is 0.258 e. The third-order valence-corrected chi connectivity index (χ3v) is 2.21. The minimum Gasteiger partial charge on any atom is -0.258 e. The van der Waals surface area contributed by atoms with Crippen molar-refractivity contribution in [1.82, 2.24) is 4.98 Å². The van der Waals surface area contributed by atoms with Gasteiger partial charge >= 0.3 is 0 Å². The first-order valence-electron chi connectivity index (χ1n) is 4.73. The van der Waals surface area contributed by atoms with Crippen LogP contribution in [0.2, 0.25) is 0 Å². The summed E-state index contributed by atoms with van der Waals surface area (Å²) in [5.74, 6) is 1.44. The van der Waals surface area contributed by atoms with E-state index in [1.54, 1.807) is 0 Å². The Morgan fingerprint density at radius 1 is 1.23 bits per heavy atom. The van der Waals surface area contributed by atoms with Crippen molar-refractivity contribution < 1.29 is 0 Å². The Balaban J connectivity index is 3.06. The van der Waals surface area contributed by atoms with Crippen molar-refractivity contribution in [2.75, 3.05) is 0 Å². The van der Waals surface area contributed by atoms with Gasteiger partial charge in [-0.1, -0.05) is 13.8 Å². The van der Waals surface area contributed by atoms with Gasteiger partial charge in [-0.3, -0.25) is 4.98 Å². The van der Waals surface area contributed by atoms with Gasteiger partial charge in [0, 0.05) is 11.4 Å². The van der Waals surface area contributed by atoms with E-state index in [-0.39, 0.29) is 0 Å². The number of nitrogens with zero attached hydrogens (tertiary/aromatic N) is 1. The molecule has 0 aromatic carbocycles. The molecule has 0 aliphatic carbocycles. The van der Waals surface area contributed by atoms with Crippen LogP contribution in [0.4, 0.5) is 0 Å². The van der Waals surface area contributed by atoms with E-state index in [9.17, 15) is 0 Å². The average molecular weight is 176 g/mol. The van der Waals surface area contributed by atoms with Gasteiger partial charge in [-0.05, 0) is 50.3 Å². The summed E-state index contributed by atoms with van der Waals surface area (Å²) in [6.07, 6.45) is 1.06. The van der Waals surface area contributed by atoms with Crippen LogP contribution >= 0.6 is 0 Å². The summed E-state index contributed by atoms with van der Waals surface area (Å²) < 4.78 is 0. The van der Waals surface area contributed by atoms with Crippen molar-refractivity contribution in [1.29, 1.82) is 0 Å². The molecule has 0 atom stereocenters. The fraction of sp³-hybridized carbons (Fsp3) is 0.500. The second-order valence-electron chi connectivity index (χ2n) is 4.03. The van der Waals surface area contributed by atoms with Gasteiger partial charge in [-0.15, -0.1) is 0 Å². The molecule has 1 heteroatoms. The van der Waals surface area contributed by atoms with Crippen LogP contribution < -0.4 is 0 Å². The Bertz CT molecular complexity index is 277. The lowest BCUT2D eigenvalue weighted by atomic mass is 9.97. The van der Waals surface area contributed by atoms with Crippen molar-refractivity contribution in [2.24, 2.45) is 0 Å². The third kappa shape index (κ3) is 2.55. The van der Waals surface area contributed by atoms with Gasteiger partial charge in [-0.2, -0.15) is 0 Å². The van der Waals surface area contributed by atoms with Gasteiger partial charge in [0.2, 0.25) is 0 Å². The molecule has 0 saturated carbocycles. The van der Waals surface area contributed by atoms with Gasteiger partial charge in [-0.25, -0.2) is 0 Å². The van der Waals surface area contributed by atoms with E-state index >= 15 is 0 Å².